The Hall–Kier alpha value is -3.31. The van der Waals surface area contributed by atoms with Crippen molar-refractivity contribution in [2.24, 2.45) is 5.92 Å². The molecule has 1 saturated heterocycles. The first-order chi connectivity index (χ1) is 17.4. The minimum absolute atomic E-state index is 0.126. The second kappa shape index (κ2) is 9.86. The summed E-state index contributed by atoms with van der Waals surface area (Å²) >= 11 is 2.42. The molecule has 3 aromatic rings. The number of nitrogens with zero attached hydrogens (tertiary/aromatic N) is 3. The summed E-state index contributed by atoms with van der Waals surface area (Å²) in [5.41, 5.74) is -0.528. The number of benzene rings is 1. The summed E-state index contributed by atoms with van der Waals surface area (Å²) in [5.74, 6) is -3.74. The van der Waals surface area contributed by atoms with Gasteiger partial charge < -0.3 is 19.8 Å². The normalized spacial score (nSPS) is 21.7. The first-order valence-corrected chi connectivity index (χ1v) is 13.3. The van der Waals surface area contributed by atoms with Gasteiger partial charge in [0.25, 0.3) is 5.91 Å². The fourth-order valence-electron chi connectivity index (χ4n) is 4.99. The number of carboxylic acid groups (broad SMARTS) is 2. The predicted octanol–water partition coefficient (Wildman–Crippen LogP) is 4.57. The Morgan fingerprint density at radius 3 is 2.46 bits per heavy atom. The van der Waals surface area contributed by atoms with Crippen LogP contribution in [0, 0.1) is 12.8 Å². The van der Waals surface area contributed by atoms with Crippen LogP contribution in [0.25, 0.3) is 0 Å². The third-order valence-electron chi connectivity index (χ3n) is 6.73. The van der Waals surface area contributed by atoms with Gasteiger partial charge in [0, 0.05) is 28.4 Å². The van der Waals surface area contributed by atoms with Crippen LogP contribution in [0.1, 0.15) is 64.7 Å². The molecule has 37 heavy (non-hydrogen) atoms. The topological polar surface area (TPSA) is 130 Å². The van der Waals surface area contributed by atoms with Gasteiger partial charge in [0.05, 0.1) is 24.8 Å². The molecule has 2 aromatic heterocycles. The first kappa shape index (κ1) is 26.7. The Kier molecular flexibility index (Phi) is 7.13. The lowest BCUT2D eigenvalue weighted by molar-refractivity contribution is -0.149. The lowest BCUT2D eigenvalue weighted by Gasteiger charge is -2.37. The van der Waals surface area contributed by atoms with E-state index in [1.54, 1.807) is 35.8 Å². The van der Waals surface area contributed by atoms with Gasteiger partial charge in [-0.3, -0.25) is 9.59 Å². The van der Waals surface area contributed by atoms with Gasteiger partial charge in [-0.2, -0.15) is 4.37 Å². The van der Waals surface area contributed by atoms with Gasteiger partial charge in [-0.15, -0.1) is 11.3 Å². The molecule has 0 spiro atoms. The molecule has 0 bridgehead atoms. The molecule has 4 rings (SSSR count). The largest absolute Gasteiger partial charge is 0.496 e. The van der Waals surface area contributed by atoms with Crippen LogP contribution in [0.5, 0.6) is 5.75 Å². The Labute approximate surface area is 222 Å². The average Bonchev–Trinajstić information content (AvgIpc) is 3.57. The number of carbonyl (C=O) groups is 3. The zero-order chi connectivity index (χ0) is 27.1. The van der Waals surface area contributed by atoms with E-state index >= 15 is 0 Å². The van der Waals surface area contributed by atoms with Crippen LogP contribution in [0.4, 0.5) is 0 Å². The molecule has 1 aromatic carbocycles. The molecule has 9 nitrogen and oxygen atoms in total. The van der Waals surface area contributed by atoms with Gasteiger partial charge in [-0.05, 0) is 54.1 Å². The Balaban J connectivity index is 1.92. The minimum atomic E-state index is -1.84. The minimum Gasteiger partial charge on any atom is -0.496 e. The number of aromatic nitrogens is 2. The number of hydrogen-bond donors (Lipinski definition) is 2. The molecule has 0 unspecified atom stereocenters. The van der Waals surface area contributed by atoms with Crippen LogP contribution in [-0.4, -0.2) is 55.0 Å². The number of amides is 1. The first-order valence-electron chi connectivity index (χ1n) is 11.7. The molecule has 1 aliphatic rings. The summed E-state index contributed by atoms with van der Waals surface area (Å²) in [7, 11) is 1.51. The maximum atomic E-state index is 14.3. The summed E-state index contributed by atoms with van der Waals surface area (Å²) in [4.78, 5) is 46.2. The van der Waals surface area contributed by atoms with Gasteiger partial charge in [0.2, 0.25) is 0 Å². The van der Waals surface area contributed by atoms with Gasteiger partial charge >= 0.3 is 11.9 Å². The number of likely N-dealkylation sites (tertiary alicyclic amines) is 1. The highest BCUT2D eigenvalue weighted by Crippen LogP contribution is 2.50. The fraction of sp³-hybridized carbons (Fsp3) is 0.423. The van der Waals surface area contributed by atoms with Crippen molar-refractivity contribution in [1.82, 2.24) is 14.3 Å². The zero-order valence-corrected chi connectivity index (χ0v) is 22.9. The maximum absolute atomic E-state index is 14.3. The van der Waals surface area contributed by atoms with Gasteiger partial charge in [-0.1, -0.05) is 26.8 Å². The molecule has 3 heterocycles. The molecule has 0 saturated carbocycles. The third kappa shape index (κ3) is 4.85. The van der Waals surface area contributed by atoms with Crippen LogP contribution in [0.15, 0.2) is 35.8 Å². The number of aliphatic carboxylic acids is 2. The van der Waals surface area contributed by atoms with Crippen molar-refractivity contribution in [1.29, 1.82) is 0 Å². The SMILES string of the molecule is COc1cc(C(=O)N2[C@@H](c3ncc(C)s3)[C@@H](C(=O)O)C[C@@]2(Cc2ccsn2)C(=O)O)ccc1C(C)(C)C. The number of aryl methyl sites for hydroxylation is 1. The summed E-state index contributed by atoms with van der Waals surface area (Å²) in [5, 5.41) is 22.9. The second-order valence-corrected chi connectivity index (χ2v) is 12.2. The molecule has 0 aliphatic carbocycles. The standard InChI is InChI=1S/C26H29N3O6S2/c1-14-13-27-21(37-14)20-17(23(31)32)12-26(24(33)34,11-16-8-9-36-28-16)29(20)22(30)15-6-7-18(25(2,3)4)19(10-15)35-5/h6-10,13,17,20H,11-12H2,1-5H3,(H,31,32)(H,33,34)/t17-,20+,26-/m0/s1. The molecular formula is C26H29N3O6S2. The van der Waals surface area contributed by atoms with E-state index in [0.717, 1.165) is 10.4 Å². The molecule has 3 atom stereocenters. The van der Waals surface area contributed by atoms with Crippen molar-refractivity contribution in [2.75, 3.05) is 7.11 Å². The van der Waals surface area contributed by atoms with Crippen LogP contribution in [-0.2, 0) is 21.4 Å². The van der Waals surface area contributed by atoms with E-state index in [1.807, 2.05) is 27.7 Å². The highest BCUT2D eigenvalue weighted by molar-refractivity contribution is 7.11. The Bertz CT molecular complexity index is 1330. The molecule has 0 radical (unpaired) electrons. The summed E-state index contributed by atoms with van der Waals surface area (Å²) in [6.07, 6.45) is 1.20. The molecular weight excluding hydrogens is 514 g/mol. The number of hydrogen-bond acceptors (Lipinski definition) is 8. The fourth-order valence-corrected chi connectivity index (χ4v) is 6.46. The maximum Gasteiger partial charge on any atom is 0.330 e. The number of ether oxygens (including phenoxy) is 1. The predicted molar refractivity (Wildman–Crippen MR) is 139 cm³/mol. The van der Waals surface area contributed by atoms with Crippen LogP contribution in [0.3, 0.4) is 0 Å². The molecule has 2 N–H and O–H groups in total. The molecule has 1 fully saturated rings. The van der Waals surface area contributed by atoms with Crippen LogP contribution < -0.4 is 4.74 Å². The van der Waals surface area contributed by atoms with Crippen LogP contribution in [0.2, 0.25) is 0 Å². The highest BCUT2D eigenvalue weighted by Gasteiger charge is 2.62. The van der Waals surface area contributed by atoms with Gasteiger partial charge in [-0.25, -0.2) is 9.78 Å². The van der Waals surface area contributed by atoms with E-state index in [1.165, 1.54) is 34.9 Å². The van der Waals surface area contributed by atoms with E-state index in [9.17, 15) is 24.6 Å². The van der Waals surface area contributed by atoms with Crippen molar-refractivity contribution < 1.29 is 29.3 Å². The number of methoxy groups -OCH3 is 1. The second-order valence-electron chi connectivity index (χ2n) is 10.2. The third-order valence-corrected chi connectivity index (χ3v) is 8.31. The summed E-state index contributed by atoms with van der Waals surface area (Å²) < 4.78 is 9.86. The highest BCUT2D eigenvalue weighted by atomic mass is 32.1. The van der Waals surface area contributed by atoms with E-state index in [0.29, 0.717) is 16.5 Å². The molecule has 196 valence electrons. The van der Waals surface area contributed by atoms with Gasteiger partial charge in [0.15, 0.2) is 0 Å². The van der Waals surface area contributed by atoms with E-state index in [4.69, 9.17) is 4.74 Å². The summed E-state index contributed by atoms with van der Waals surface area (Å²) in [6, 6.07) is 5.65. The van der Waals surface area contributed by atoms with Crippen molar-refractivity contribution in [3.05, 3.63) is 62.5 Å². The quantitative estimate of drug-likeness (QED) is 0.443. The van der Waals surface area contributed by atoms with Crippen molar-refractivity contribution in [2.45, 2.75) is 57.5 Å². The Morgan fingerprint density at radius 1 is 1.22 bits per heavy atom. The van der Waals surface area contributed by atoms with Crippen LogP contribution >= 0.6 is 22.9 Å². The average molecular weight is 544 g/mol. The van der Waals surface area contributed by atoms with E-state index in [2.05, 4.69) is 9.36 Å². The van der Waals surface area contributed by atoms with E-state index in [-0.39, 0.29) is 23.8 Å². The zero-order valence-electron chi connectivity index (χ0n) is 21.2. The number of carbonyl (C=O) groups excluding carboxylic acids is 1. The molecule has 1 aliphatic heterocycles. The lowest BCUT2D eigenvalue weighted by atomic mass is 9.85. The molecule has 1 amide bonds. The van der Waals surface area contributed by atoms with Gasteiger partial charge in [0.1, 0.15) is 16.3 Å². The van der Waals surface area contributed by atoms with Crippen molar-refractivity contribution in [3.63, 3.8) is 0 Å². The number of carboxylic acids is 2. The van der Waals surface area contributed by atoms with E-state index < -0.39 is 35.3 Å². The Morgan fingerprint density at radius 2 is 1.95 bits per heavy atom. The van der Waals surface area contributed by atoms with Crippen molar-refractivity contribution >= 4 is 40.7 Å². The van der Waals surface area contributed by atoms with Crippen molar-refractivity contribution in [3.8, 4) is 5.75 Å². The summed E-state index contributed by atoms with van der Waals surface area (Å²) in [6.45, 7) is 7.89. The smallest absolute Gasteiger partial charge is 0.330 e. The monoisotopic (exact) mass is 543 g/mol. The number of thiazole rings is 1. The molecule has 11 heteroatoms. The lowest BCUT2D eigenvalue weighted by Crippen LogP contribution is -2.55. The number of rotatable bonds is 7.